The van der Waals surface area contributed by atoms with Gasteiger partial charge in [-0.3, -0.25) is 4.79 Å². The zero-order chi connectivity index (χ0) is 13.2. The van der Waals surface area contributed by atoms with Gasteiger partial charge in [0.05, 0.1) is 6.04 Å². The fourth-order valence-corrected chi connectivity index (χ4v) is 1.45. The highest BCUT2D eigenvalue weighted by atomic mass is 35.5. The summed E-state index contributed by atoms with van der Waals surface area (Å²) in [6, 6.07) is -0.685. The van der Waals surface area contributed by atoms with Crippen molar-refractivity contribution in [1.82, 2.24) is 9.97 Å². The van der Waals surface area contributed by atoms with Crippen molar-refractivity contribution >= 4 is 34.8 Å². The fourth-order valence-electron chi connectivity index (χ4n) is 1.04. The molecule has 0 fully saturated rings. The summed E-state index contributed by atoms with van der Waals surface area (Å²) in [4.78, 5) is 19.3. The van der Waals surface area contributed by atoms with Gasteiger partial charge in [0.15, 0.2) is 10.3 Å². The lowest BCUT2D eigenvalue weighted by molar-refractivity contribution is -0.119. The Morgan fingerprint density at radius 2 is 1.82 bits per heavy atom. The van der Waals surface area contributed by atoms with Crippen LogP contribution in [0.15, 0.2) is 6.33 Å². The van der Waals surface area contributed by atoms with Crippen LogP contribution < -0.4 is 11.1 Å². The van der Waals surface area contributed by atoms with E-state index in [1.54, 1.807) is 0 Å². The molecule has 0 aromatic carbocycles. The van der Waals surface area contributed by atoms with Crippen LogP contribution in [0.25, 0.3) is 0 Å². The van der Waals surface area contributed by atoms with Crippen LogP contribution in [0.1, 0.15) is 20.8 Å². The standard InChI is InChI=1S/C10H14Cl2N4O/c1-10(2,3)6(13)9(17)16-5-7(11)14-4-15-8(5)12/h4,6H,13H2,1-3H3,(H,16,17)/t6-/m1/s1. The molecule has 0 saturated heterocycles. The van der Waals surface area contributed by atoms with Gasteiger partial charge < -0.3 is 11.1 Å². The highest BCUT2D eigenvalue weighted by molar-refractivity contribution is 6.38. The molecule has 5 nitrogen and oxygen atoms in total. The third-order valence-corrected chi connectivity index (χ3v) is 2.79. The van der Waals surface area contributed by atoms with Crippen molar-refractivity contribution in [3.05, 3.63) is 16.6 Å². The number of hydrogen-bond donors (Lipinski definition) is 2. The number of rotatable bonds is 2. The van der Waals surface area contributed by atoms with Crippen molar-refractivity contribution in [2.24, 2.45) is 11.1 Å². The Kier molecular flexibility index (Phi) is 4.30. The molecule has 1 amide bonds. The summed E-state index contributed by atoms with van der Waals surface area (Å²) in [6.07, 6.45) is 1.21. The van der Waals surface area contributed by atoms with Crippen molar-refractivity contribution in [3.63, 3.8) is 0 Å². The van der Waals surface area contributed by atoms with Gasteiger partial charge in [0.2, 0.25) is 5.91 Å². The highest BCUT2D eigenvalue weighted by Gasteiger charge is 2.28. The lowest BCUT2D eigenvalue weighted by atomic mass is 9.87. The zero-order valence-corrected chi connectivity index (χ0v) is 11.3. The average Bonchev–Trinajstić information content (AvgIpc) is 2.21. The van der Waals surface area contributed by atoms with E-state index in [4.69, 9.17) is 28.9 Å². The van der Waals surface area contributed by atoms with Crippen LogP contribution in [0, 0.1) is 5.41 Å². The maximum atomic E-state index is 11.9. The van der Waals surface area contributed by atoms with Crippen LogP contribution in [0.5, 0.6) is 0 Å². The second-order valence-corrected chi connectivity index (χ2v) is 5.38. The highest BCUT2D eigenvalue weighted by Crippen LogP contribution is 2.27. The fraction of sp³-hybridized carbons (Fsp3) is 0.500. The minimum Gasteiger partial charge on any atom is -0.320 e. The van der Waals surface area contributed by atoms with E-state index in [2.05, 4.69) is 15.3 Å². The SMILES string of the molecule is CC(C)(C)[C@H](N)C(=O)Nc1c(Cl)ncnc1Cl. The second-order valence-electron chi connectivity index (χ2n) is 4.66. The second kappa shape index (κ2) is 5.16. The molecule has 0 radical (unpaired) electrons. The van der Waals surface area contributed by atoms with E-state index in [0.717, 1.165) is 0 Å². The van der Waals surface area contributed by atoms with Crippen LogP contribution in [-0.4, -0.2) is 21.9 Å². The maximum absolute atomic E-state index is 11.9. The Balaban J connectivity index is 2.89. The van der Waals surface area contributed by atoms with Gasteiger partial charge in [-0.25, -0.2) is 9.97 Å². The summed E-state index contributed by atoms with van der Waals surface area (Å²) in [6.45, 7) is 5.59. The van der Waals surface area contributed by atoms with Crippen molar-refractivity contribution in [2.75, 3.05) is 5.32 Å². The topological polar surface area (TPSA) is 80.9 Å². The molecule has 0 aliphatic carbocycles. The smallest absolute Gasteiger partial charge is 0.241 e. The van der Waals surface area contributed by atoms with Crippen LogP contribution >= 0.6 is 23.2 Å². The van der Waals surface area contributed by atoms with Crippen molar-refractivity contribution in [1.29, 1.82) is 0 Å². The number of amides is 1. The first kappa shape index (κ1) is 14.2. The van der Waals surface area contributed by atoms with E-state index < -0.39 is 6.04 Å². The number of halogens is 2. The van der Waals surface area contributed by atoms with Crippen molar-refractivity contribution < 1.29 is 4.79 Å². The number of nitrogens with one attached hydrogen (secondary N) is 1. The molecule has 1 atom stereocenters. The van der Waals surface area contributed by atoms with Crippen LogP contribution in [0.4, 0.5) is 5.69 Å². The first-order valence-electron chi connectivity index (χ1n) is 4.96. The van der Waals surface area contributed by atoms with Gasteiger partial charge in [-0.15, -0.1) is 0 Å². The number of nitrogens with two attached hydrogens (primary N) is 1. The molecule has 0 unspecified atom stereocenters. The van der Waals surface area contributed by atoms with Gasteiger partial charge in [0, 0.05) is 0 Å². The molecule has 1 aromatic heterocycles. The van der Waals surface area contributed by atoms with E-state index in [1.165, 1.54) is 6.33 Å². The molecule has 0 aliphatic heterocycles. The number of carbonyl (C=O) groups is 1. The van der Waals surface area contributed by atoms with E-state index in [9.17, 15) is 4.79 Å². The first-order valence-corrected chi connectivity index (χ1v) is 5.71. The molecule has 0 saturated carbocycles. The van der Waals surface area contributed by atoms with Crippen LogP contribution in [-0.2, 0) is 4.79 Å². The van der Waals surface area contributed by atoms with Gasteiger partial charge in [0.25, 0.3) is 0 Å². The molecule has 94 valence electrons. The van der Waals surface area contributed by atoms with E-state index >= 15 is 0 Å². The Hall–Kier alpha value is -0.910. The van der Waals surface area contributed by atoms with E-state index in [-0.39, 0.29) is 27.3 Å². The van der Waals surface area contributed by atoms with Gasteiger partial charge in [-0.2, -0.15) is 0 Å². The molecule has 0 bridgehead atoms. The molecule has 1 rings (SSSR count). The monoisotopic (exact) mass is 276 g/mol. The summed E-state index contributed by atoms with van der Waals surface area (Å²) >= 11 is 11.6. The minimum absolute atomic E-state index is 0.0828. The zero-order valence-electron chi connectivity index (χ0n) is 9.79. The lowest BCUT2D eigenvalue weighted by Gasteiger charge is -2.25. The Labute approximate surface area is 110 Å². The minimum atomic E-state index is -0.685. The third-order valence-electron chi connectivity index (χ3n) is 2.22. The number of hydrogen-bond acceptors (Lipinski definition) is 4. The molecule has 1 aromatic rings. The molecule has 1 heterocycles. The van der Waals surface area contributed by atoms with Crippen molar-refractivity contribution in [3.8, 4) is 0 Å². The van der Waals surface area contributed by atoms with Gasteiger partial charge in [-0.1, -0.05) is 44.0 Å². The molecule has 0 aliphatic rings. The number of aromatic nitrogens is 2. The Morgan fingerprint density at radius 3 is 2.24 bits per heavy atom. The third kappa shape index (κ3) is 3.52. The molecule has 17 heavy (non-hydrogen) atoms. The number of nitrogens with zero attached hydrogens (tertiary/aromatic N) is 2. The summed E-state index contributed by atoms with van der Waals surface area (Å²) in [5.41, 5.74) is 5.62. The maximum Gasteiger partial charge on any atom is 0.241 e. The number of anilines is 1. The predicted octanol–water partition coefficient (Wildman–Crippen LogP) is 2.10. The Morgan fingerprint density at radius 1 is 1.35 bits per heavy atom. The van der Waals surface area contributed by atoms with Gasteiger partial charge >= 0.3 is 0 Å². The molecular formula is C10H14Cl2N4O. The van der Waals surface area contributed by atoms with Crippen LogP contribution in [0.2, 0.25) is 10.3 Å². The summed E-state index contributed by atoms with van der Waals surface area (Å²) in [7, 11) is 0. The number of carbonyl (C=O) groups excluding carboxylic acids is 1. The van der Waals surface area contributed by atoms with Gasteiger partial charge in [0.1, 0.15) is 12.0 Å². The first-order chi connectivity index (χ1) is 7.73. The summed E-state index contributed by atoms with van der Waals surface area (Å²) < 4.78 is 0. The predicted molar refractivity (Wildman–Crippen MR) is 68.1 cm³/mol. The van der Waals surface area contributed by atoms with Crippen LogP contribution in [0.3, 0.4) is 0 Å². The van der Waals surface area contributed by atoms with E-state index in [0.29, 0.717) is 0 Å². The molecule has 0 spiro atoms. The van der Waals surface area contributed by atoms with Gasteiger partial charge in [-0.05, 0) is 5.41 Å². The largest absolute Gasteiger partial charge is 0.320 e. The quantitative estimate of drug-likeness (QED) is 0.811. The lowest BCUT2D eigenvalue weighted by Crippen LogP contribution is -2.45. The molecule has 7 heteroatoms. The van der Waals surface area contributed by atoms with Crippen molar-refractivity contribution in [2.45, 2.75) is 26.8 Å². The normalized spacial score (nSPS) is 13.3. The Bertz CT molecular complexity index is 411. The van der Waals surface area contributed by atoms with E-state index in [1.807, 2.05) is 20.8 Å². The summed E-state index contributed by atoms with van der Waals surface area (Å²) in [5.74, 6) is -0.379. The summed E-state index contributed by atoms with van der Waals surface area (Å²) in [5, 5.41) is 2.70. The average molecular weight is 277 g/mol. The molecular weight excluding hydrogens is 263 g/mol. The molecule has 3 N–H and O–H groups in total.